The van der Waals surface area contributed by atoms with Gasteiger partial charge in [-0.2, -0.15) is 0 Å². The van der Waals surface area contributed by atoms with Crippen molar-refractivity contribution in [2.75, 3.05) is 0 Å². The highest BCUT2D eigenvalue weighted by atomic mass is 16.6. The molecule has 1 atom stereocenters. The molecule has 1 unspecified atom stereocenters. The molecule has 5 nitrogen and oxygen atoms in total. The van der Waals surface area contributed by atoms with Crippen LogP contribution in [-0.2, 0) is 12.8 Å². The number of benzene rings is 3. The van der Waals surface area contributed by atoms with Crippen LogP contribution in [0.3, 0.4) is 0 Å². The van der Waals surface area contributed by atoms with Gasteiger partial charge in [-0.25, -0.2) is 0 Å². The van der Waals surface area contributed by atoms with E-state index in [4.69, 9.17) is 4.74 Å². The summed E-state index contributed by atoms with van der Waals surface area (Å²) in [6.45, 7) is 4.37. The van der Waals surface area contributed by atoms with Gasteiger partial charge < -0.3 is 9.84 Å². The van der Waals surface area contributed by atoms with Gasteiger partial charge in [0.05, 0.1) is 4.92 Å². The minimum atomic E-state index is -0.397. The summed E-state index contributed by atoms with van der Waals surface area (Å²) in [5.74, 6) is 2.57. The molecule has 0 saturated heterocycles. The van der Waals surface area contributed by atoms with Gasteiger partial charge in [-0.15, -0.1) is 0 Å². The summed E-state index contributed by atoms with van der Waals surface area (Å²) in [6, 6.07) is 18.5. The number of aromatic hydroxyl groups is 1. The molecule has 1 saturated carbocycles. The maximum absolute atomic E-state index is 11.0. The van der Waals surface area contributed by atoms with Crippen LogP contribution in [-0.4, -0.2) is 10.0 Å². The van der Waals surface area contributed by atoms with E-state index < -0.39 is 4.92 Å². The van der Waals surface area contributed by atoms with Crippen LogP contribution in [0.5, 0.6) is 17.2 Å². The van der Waals surface area contributed by atoms with Gasteiger partial charge in [0, 0.05) is 12.1 Å². The highest BCUT2D eigenvalue weighted by molar-refractivity contribution is 5.46. The quantitative estimate of drug-likeness (QED) is 0.273. The number of phenols is 1. The number of nitro benzene ring substituents is 1. The minimum Gasteiger partial charge on any atom is -0.508 e. The van der Waals surface area contributed by atoms with E-state index in [9.17, 15) is 15.2 Å². The zero-order chi connectivity index (χ0) is 24.1. The molecule has 1 fully saturated rings. The lowest BCUT2D eigenvalue weighted by atomic mass is 9.81. The van der Waals surface area contributed by atoms with Crippen LogP contribution >= 0.6 is 0 Å². The number of nitrogens with zero attached hydrogens (tertiary/aromatic N) is 1. The first-order valence-corrected chi connectivity index (χ1v) is 12.3. The van der Waals surface area contributed by atoms with Crippen molar-refractivity contribution in [3.05, 3.63) is 93.0 Å². The summed E-state index contributed by atoms with van der Waals surface area (Å²) in [4.78, 5) is 10.6. The molecule has 0 bridgehead atoms. The van der Waals surface area contributed by atoms with Gasteiger partial charge in [0.25, 0.3) is 5.69 Å². The Balaban J connectivity index is 1.61. The Hall–Kier alpha value is -3.34. The van der Waals surface area contributed by atoms with E-state index in [1.807, 2.05) is 12.1 Å². The number of nitro groups is 1. The first-order valence-electron chi connectivity index (χ1n) is 12.3. The van der Waals surface area contributed by atoms with Crippen molar-refractivity contribution in [2.45, 2.75) is 70.6 Å². The molecule has 1 aliphatic rings. The standard InChI is InChI=1S/C29H33NO4/c1-3-21-18-26(31)13-9-24(21)17-20(2)23-10-16-29(28(19-23)22-7-5-4-6-8-22)34-27-14-11-25(12-15-27)30(32)33/h9-16,18-20,22,31H,3-8,17H2,1-2H3. The van der Waals surface area contributed by atoms with Crippen molar-refractivity contribution in [3.63, 3.8) is 0 Å². The van der Waals surface area contributed by atoms with Crippen molar-refractivity contribution in [3.8, 4) is 17.2 Å². The summed E-state index contributed by atoms with van der Waals surface area (Å²) < 4.78 is 6.25. The van der Waals surface area contributed by atoms with Crippen LogP contribution in [0.25, 0.3) is 0 Å². The van der Waals surface area contributed by atoms with Crippen molar-refractivity contribution in [1.29, 1.82) is 0 Å². The molecule has 178 valence electrons. The van der Waals surface area contributed by atoms with E-state index in [-0.39, 0.29) is 5.69 Å². The highest BCUT2D eigenvalue weighted by Crippen LogP contribution is 2.41. The molecule has 34 heavy (non-hydrogen) atoms. The van der Waals surface area contributed by atoms with Gasteiger partial charge in [0.15, 0.2) is 0 Å². The molecule has 0 radical (unpaired) electrons. The lowest BCUT2D eigenvalue weighted by molar-refractivity contribution is -0.384. The molecule has 0 spiro atoms. The zero-order valence-electron chi connectivity index (χ0n) is 20.0. The summed E-state index contributed by atoms with van der Waals surface area (Å²) in [6.07, 6.45) is 7.87. The summed E-state index contributed by atoms with van der Waals surface area (Å²) in [5.41, 5.74) is 5.05. The molecule has 4 rings (SSSR count). The Bertz CT molecular complexity index is 1130. The Morgan fingerprint density at radius 3 is 2.41 bits per heavy atom. The third-order valence-electron chi connectivity index (χ3n) is 7.02. The van der Waals surface area contributed by atoms with E-state index in [0.29, 0.717) is 23.3 Å². The van der Waals surface area contributed by atoms with Crippen molar-refractivity contribution < 1.29 is 14.8 Å². The van der Waals surface area contributed by atoms with Gasteiger partial charge in [-0.05, 0) is 90.1 Å². The molecular formula is C29H33NO4. The fourth-order valence-electron chi connectivity index (χ4n) is 5.05. The normalized spacial score (nSPS) is 15.1. The third kappa shape index (κ3) is 5.58. The second kappa shape index (κ2) is 10.7. The number of non-ortho nitro benzene ring substituents is 1. The molecule has 1 N–H and O–H groups in total. The molecule has 1 aliphatic carbocycles. The predicted molar refractivity (Wildman–Crippen MR) is 135 cm³/mol. The fraction of sp³-hybridized carbons (Fsp3) is 0.379. The summed E-state index contributed by atoms with van der Waals surface area (Å²) in [5, 5.41) is 20.8. The van der Waals surface area contributed by atoms with Gasteiger partial charge in [0.1, 0.15) is 17.2 Å². The van der Waals surface area contributed by atoms with Crippen LogP contribution in [0.1, 0.15) is 80.0 Å². The van der Waals surface area contributed by atoms with E-state index >= 15 is 0 Å². The third-order valence-corrected chi connectivity index (χ3v) is 7.02. The smallest absolute Gasteiger partial charge is 0.269 e. The summed E-state index contributed by atoms with van der Waals surface area (Å²) >= 11 is 0. The molecule has 3 aromatic rings. The largest absolute Gasteiger partial charge is 0.508 e. The van der Waals surface area contributed by atoms with Crippen LogP contribution in [0.15, 0.2) is 60.7 Å². The zero-order valence-corrected chi connectivity index (χ0v) is 20.0. The molecule has 5 heteroatoms. The van der Waals surface area contributed by atoms with Gasteiger partial charge in [-0.3, -0.25) is 10.1 Å². The monoisotopic (exact) mass is 459 g/mol. The molecule has 0 heterocycles. The van der Waals surface area contributed by atoms with E-state index in [1.165, 1.54) is 53.6 Å². The van der Waals surface area contributed by atoms with Crippen LogP contribution in [0, 0.1) is 10.1 Å². The number of phenolic OH excluding ortho intramolecular Hbond substituents is 1. The maximum Gasteiger partial charge on any atom is 0.269 e. The van der Waals surface area contributed by atoms with Crippen molar-refractivity contribution in [1.82, 2.24) is 0 Å². The molecular weight excluding hydrogens is 426 g/mol. The van der Waals surface area contributed by atoms with E-state index in [0.717, 1.165) is 31.4 Å². The van der Waals surface area contributed by atoms with Gasteiger partial charge in [-0.1, -0.05) is 51.3 Å². The topological polar surface area (TPSA) is 72.6 Å². The second-order valence-corrected chi connectivity index (χ2v) is 9.40. The Kier molecular flexibility index (Phi) is 7.51. The molecule has 3 aromatic carbocycles. The Morgan fingerprint density at radius 2 is 1.74 bits per heavy atom. The summed E-state index contributed by atoms with van der Waals surface area (Å²) in [7, 11) is 0. The number of hydrogen-bond donors (Lipinski definition) is 1. The van der Waals surface area contributed by atoms with E-state index in [2.05, 4.69) is 32.0 Å². The van der Waals surface area contributed by atoms with E-state index in [1.54, 1.807) is 18.2 Å². The van der Waals surface area contributed by atoms with Crippen molar-refractivity contribution in [2.24, 2.45) is 0 Å². The predicted octanol–water partition coefficient (Wildman–Crippen LogP) is 8.05. The average Bonchev–Trinajstić information content (AvgIpc) is 2.86. The Morgan fingerprint density at radius 1 is 1.00 bits per heavy atom. The lowest BCUT2D eigenvalue weighted by Crippen LogP contribution is -2.08. The van der Waals surface area contributed by atoms with Gasteiger partial charge in [0.2, 0.25) is 0 Å². The second-order valence-electron chi connectivity index (χ2n) is 9.40. The van der Waals surface area contributed by atoms with Crippen LogP contribution < -0.4 is 4.74 Å². The van der Waals surface area contributed by atoms with Gasteiger partial charge >= 0.3 is 0 Å². The highest BCUT2D eigenvalue weighted by Gasteiger charge is 2.22. The maximum atomic E-state index is 11.0. The molecule has 0 aromatic heterocycles. The number of aryl methyl sites for hydroxylation is 1. The average molecular weight is 460 g/mol. The van der Waals surface area contributed by atoms with Crippen LogP contribution in [0.2, 0.25) is 0 Å². The first-order chi connectivity index (χ1) is 16.4. The number of hydrogen-bond acceptors (Lipinski definition) is 4. The molecule has 0 amide bonds. The van der Waals surface area contributed by atoms with Crippen LogP contribution in [0.4, 0.5) is 5.69 Å². The molecule has 0 aliphatic heterocycles. The fourth-order valence-corrected chi connectivity index (χ4v) is 5.05. The lowest BCUT2D eigenvalue weighted by Gasteiger charge is -2.26. The number of rotatable bonds is 8. The SMILES string of the molecule is CCc1cc(O)ccc1CC(C)c1ccc(Oc2ccc([N+](=O)[O-])cc2)c(C2CCCCC2)c1. The number of ether oxygens (including phenoxy) is 1. The first kappa shape index (κ1) is 23.8. The minimum absolute atomic E-state index is 0.0599. The Labute approximate surface area is 201 Å². The van der Waals surface area contributed by atoms with Crippen molar-refractivity contribution >= 4 is 5.69 Å².